The lowest BCUT2D eigenvalue weighted by Gasteiger charge is -2.24. The molecule has 3 rings (SSSR count). The van der Waals surface area contributed by atoms with E-state index in [2.05, 4.69) is 32.5 Å². The zero-order valence-electron chi connectivity index (χ0n) is 13.3. The number of aromatic nitrogens is 2. The second-order valence-electron chi connectivity index (χ2n) is 5.62. The molecule has 0 spiro atoms. The molecule has 1 fully saturated rings. The highest BCUT2D eigenvalue weighted by molar-refractivity contribution is 5.89. The molecular formula is C17H21N5O. The third kappa shape index (κ3) is 3.77. The Balaban J connectivity index is 1.61. The number of urea groups is 1. The van der Waals surface area contributed by atoms with Gasteiger partial charge in [0.25, 0.3) is 0 Å². The minimum absolute atomic E-state index is 0.0731. The highest BCUT2D eigenvalue weighted by atomic mass is 16.2. The molecule has 1 N–H and O–H groups in total. The van der Waals surface area contributed by atoms with Crippen LogP contribution in [-0.4, -0.2) is 47.3 Å². The fraction of sp³-hybridized carbons (Fsp3) is 0.353. The van der Waals surface area contributed by atoms with Gasteiger partial charge in [0.05, 0.1) is 17.6 Å². The Bertz CT molecular complexity index is 661. The molecular weight excluding hydrogens is 290 g/mol. The summed E-state index contributed by atoms with van der Waals surface area (Å²) >= 11 is 0. The third-order valence-corrected chi connectivity index (χ3v) is 4.05. The summed E-state index contributed by atoms with van der Waals surface area (Å²) in [6.07, 6.45) is 2.54. The van der Waals surface area contributed by atoms with Gasteiger partial charge in [0.15, 0.2) is 0 Å². The fourth-order valence-corrected chi connectivity index (χ4v) is 2.75. The highest BCUT2D eigenvalue weighted by Crippen LogP contribution is 2.17. The maximum Gasteiger partial charge on any atom is 0.321 e. The highest BCUT2D eigenvalue weighted by Gasteiger charge is 2.19. The van der Waals surface area contributed by atoms with Crippen LogP contribution in [0.1, 0.15) is 12.1 Å². The molecule has 23 heavy (non-hydrogen) atoms. The summed E-state index contributed by atoms with van der Waals surface area (Å²) in [6.45, 7) is 5.10. The Morgan fingerprint density at radius 1 is 1.09 bits per heavy atom. The van der Waals surface area contributed by atoms with Gasteiger partial charge in [-0.2, -0.15) is 10.2 Å². The van der Waals surface area contributed by atoms with Crippen molar-refractivity contribution in [2.75, 3.05) is 36.4 Å². The molecule has 0 saturated carbocycles. The van der Waals surface area contributed by atoms with E-state index in [1.807, 2.05) is 30.0 Å². The maximum atomic E-state index is 12.5. The number of para-hydroxylation sites is 1. The number of hydrogen-bond acceptors (Lipinski definition) is 4. The van der Waals surface area contributed by atoms with E-state index in [4.69, 9.17) is 0 Å². The van der Waals surface area contributed by atoms with Crippen molar-refractivity contribution in [2.45, 2.75) is 13.3 Å². The summed E-state index contributed by atoms with van der Waals surface area (Å²) in [4.78, 5) is 16.7. The number of rotatable bonds is 2. The van der Waals surface area contributed by atoms with Crippen molar-refractivity contribution < 1.29 is 4.79 Å². The lowest BCUT2D eigenvalue weighted by molar-refractivity contribution is 0.215. The van der Waals surface area contributed by atoms with E-state index in [0.717, 1.165) is 31.7 Å². The van der Waals surface area contributed by atoms with Crippen LogP contribution >= 0.6 is 0 Å². The molecule has 0 aliphatic carbocycles. The van der Waals surface area contributed by atoms with E-state index in [1.165, 1.54) is 5.69 Å². The van der Waals surface area contributed by atoms with Gasteiger partial charge < -0.3 is 15.1 Å². The molecule has 0 bridgehead atoms. The van der Waals surface area contributed by atoms with Gasteiger partial charge >= 0.3 is 6.03 Å². The lowest BCUT2D eigenvalue weighted by atomic mass is 10.3. The number of nitrogens with one attached hydrogen (secondary N) is 1. The second kappa shape index (κ2) is 7.09. The molecule has 1 saturated heterocycles. The number of benzene rings is 1. The van der Waals surface area contributed by atoms with Crippen LogP contribution in [0.4, 0.5) is 16.2 Å². The summed E-state index contributed by atoms with van der Waals surface area (Å²) in [5.41, 5.74) is 2.65. The van der Waals surface area contributed by atoms with Crippen molar-refractivity contribution in [3.05, 3.63) is 48.3 Å². The summed E-state index contributed by atoms with van der Waals surface area (Å²) in [5.74, 6) is 0. The topological polar surface area (TPSA) is 61.4 Å². The first-order valence-electron chi connectivity index (χ1n) is 7.88. The van der Waals surface area contributed by atoms with Crippen LogP contribution in [0.5, 0.6) is 0 Å². The number of anilines is 2. The van der Waals surface area contributed by atoms with Crippen LogP contribution < -0.4 is 10.2 Å². The molecule has 1 aromatic heterocycles. The van der Waals surface area contributed by atoms with Crippen molar-refractivity contribution in [1.82, 2.24) is 15.1 Å². The molecule has 1 aliphatic heterocycles. The smallest absolute Gasteiger partial charge is 0.321 e. The zero-order chi connectivity index (χ0) is 16.1. The van der Waals surface area contributed by atoms with E-state index in [1.54, 1.807) is 12.3 Å². The molecule has 1 aliphatic rings. The number of nitrogens with zero attached hydrogens (tertiary/aromatic N) is 4. The third-order valence-electron chi connectivity index (χ3n) is 4.05. The van der Waals surface area contributed by atoms with Gasteiger partial charge in [0, 0.05) is 31.9 Å². The van der Waals surface area contributed by atoms with Crippen LogP contribution in [-0.2, 0) is 0 Å². The predicted molar refractivity (Wildman–Crippen MR) is 90.6 cm³/mol. The normalized spacial score (nSPS) is 15.2. The van der Waals surface area contributed by atoms with E-state index < -0.39 is 0 Å². The van der Waals surface area contributed by atoms with Gasteiger partial charge in [-0.3, -0.25) is 0 Å². The van der Waals surface area contributed by atoms with E-state index >= 15 is 0 Å². The maximum absolute atomic E-state index is 12.5. The van der Waals surface area contributed by atoms with E-state index in [-0.39, 0.29) is 6.03 Å². The number of carbonyl (C=O) groups excluding carboxylic acids is 1. The first-order valence-corrected chi connectivity index (χ1v) is 7.88. The van der Waals surface area contributed by atoms with Crippen LogP contribution in [0.3, 0.4) is 0 Å². The Hall–Kier alpha value is -2.63. The van der Waals surface area contributed by atoms with Crippen molar-refractivity contribution in [1.29, 1.82) is 0 Å². The molecule has 1 aromatic carbocycles. The van der Waals surface area contributed by atoms with Crippen LogP contribution in [0, 0.1) is 6.92 Å². The van der Waals surface area contributed by atoms with Gasteiger partial charge in [0.1, 0.15) is 0 Å². The Kier molecular flexibility index (Phi) is 4.71. The molecule has 0 radical (unpaired) electrons. The molecule has 120 valence electrons. The van der Waals surface area contributed by atoms with Gasteiger partial charge in [-0.25, -0.2) is 4.79 Å². The van der Waals surface area contributed by atoms with Crippen LogP contribution in [0.25, 0.3) is 0 Å². The SMILES string of the molecule is Cc1nnccc1NC(=O)N1CCCN(c2ccccc2)CC1. The number of carbonyl (C=O) groups is 1. The fourth-order valence-electron chi connectivity index (χ4n) is 2.75. The lowest BCUT2D eigenvalue weighted by Crippen LogP contribution is -2.38. The first kappa shape index (κ1) is 15.3. The Morgan fingerprint density at radius 3 is 2.70 bits per heavy atom. The largest absolute Gasteiger partial charge is 0.370 e. The van der Waals surface area contributed by atoms with Crippen molar-refractivity contribution in [2.24, 2.45) is 0 Å². The van der Waals surface area contributed by atoms with Gasteiger partial charge in [0.2, 0.25) is 0 Å². The molecule has 6 heteroatoms. The quantitative estimate of drug-likeness (QED) is 0.926. The van der Waals surface area contributed by atoms with Gasteiger partial charge in [-0.05, 0) is 31.5 Å². The summed E-state index contributed by atoms with van der Waals surface area (Å²) < 4.78 is 0. The average molecular weight is 311 g/mol. The van der Waals surface area contributed by atoms with Gasteiger partial charge in [-0.1, -0.05) is 18.2 Å². The first-order chi connectivity index (χ1) is 11.2. The molecule has 0 atom stereocenters. The van der Waals surface area contributed by atoms with Crippen LogP contribution in [0.2, 0.25) is 0 Å². The molecule has 2 aromatic rings. The van der Waals surface area contributed by atoms with E-state index in [0.29, 0.717) is 12.2 Å². The summed E-state index contributed by atoms with van der Waals surface area (Å²) in [5, 5.41) is 10.7. The average Bonchev–Trinajstić information content (AvgIpc) is 2.84. The Morgan fingerprint density at radius 2 is 1.91 bits per heavy atom. The van der Waals surface area contributed by atoms with Crippen molar-refractivity contribution in [3.63, 3.8) is 0 Å². The summed E-state index contributed by atoms with van der Waals surface area (Å²) in [7, 11) is 0. The second-order valence-corrected chi connectivity index (χ2v) is 5.62. The number of aryl methyl sites for hydroxylation is 1. The standard InChI is InChI=1S/C17H21N5O/c1-14-16(8-9-18-20-14)19-17(23)22-11-5-10-21(12-13-22)15-6-3-2-4-7-15/h2-4,6-9H,5,10-13H2,1H3,(H,18,19,23). The number of hydrogen-bond donors (Lipinski definition) is 1. The van der Waals surface area contributed by atoms with Crippen LogP contribution in [0.15, 0.2) is 42.6 Å². The zero-order valence-corrected chi connectivity index (χ0v) is 13.3. The monoisotopic (exact) mass is 311 g/mol. The van der Waals surface area contributed by atoms with Crippen molar-refractivity contribution >= 4 is 17.4 Å². The van der Waals surface area contributed by atoms with Gasteiger partial charge in [-0.15, -0.1) is 0 Å². The number of amides is 2. The predicted octanol–water partition coefficient (Wildman–Crippen LogP) is 2.53. The molecule has 6 nitrogen and oxygen atoms in total. The van der Waals surface area contributed by atoms with E-state index in [9.17, 15) is 4.79 Å². The van der Waals surface area contributed by atoms with Crippen molar-refractivity contribution in [3.8, 4) is 0 Å². The minimum Gasteiger partial charge on any atom is -0.370 e. The molecule has 2 amide bonds. The minimum atomic E-state index is -0.0731. The summed E-state index contributed by atoms with van der Waals surface area (Å²) in [6, 6.07) is 12.0. The molecule has 0 unspecified atom stereocenters. The molecule has 2 heterocycles. The Labute approximate surface area is 136 Å².